The summed E-state index contributed by atoms with van der Waals surface area (Å²) in [6, 6.07) is 10.7. The minimum Gasteiger partial charge on any atom is -0.507 e. The highest BCUT2D eigenvalue weighted by Crippen LogP contribution is 2.23. The van der Waals surface area contributed by atoms with Gasteiger partial charge in [-0.15, -0.1) is 0 Å². The van der Waals surface area contributed by atoms with Gasteiger partial charge in [0.05, 0.1) is 16.6 Å². The van der Waals surface area contributed by atoms with Gasteiger partial charge in [-0.1, -0.05) is 12.1 Å². The molecular formula is C17H11NO5. The first kappa shape index (κ1) is 14.5. The summed E-state index contributed by atoms with van der Waals surface area (Å²) < 4.78 is 5.37. The fraction of sp³-hybridized carbons (Fsp3) is 0. The Morgan fingerprint density at radius 2 is 1.96 bits per heavy atom. The number of nitrogens with zero attached hydrogens (tertiary/aromatic N) is 1. The standard InChI is InChI=1S/C17H11NO5/c19-14-7-11(5-6-12(14)17(21)22)18-8-10-9-23-15-4-2-1-3-13(15)16(10)20/h1-9,19H,(H,21,22). The number of hydrogen-bond donors (Lipinski definition) is 2. The first-order chi connectivity index (χ1) is 11.1. The molecule has 6 nitrogen and oxygen atoms in total. The maximum Gasteiger partial charge on any atom is 0.339 e. The van der Waals surface area contributed by atoms with Crippen molar-refractivity contribution in [3.05, 3.63) is 70.1 Å². The molecule has 0 radical (unpaired) electrons. The molecule has 3 rings (SSSR count). The summed E-state index contributed by atoms with van der Waals surface area (Å²) >= 11 is 0. The highest BCUT2D eigenvalue weighted by atomic mass is 16.4. The van der Waals surface area contributed by atoms with Crippen LogP contribution < -0.4 is 5.43 Å². The maximum atomic E-state index is 12.3. The van der Waals surface area contributed by atoms with Gasteiger partial charge in [0.2, 0.25) is 5.43 Å². The Balaban J connectivity index is 1.97. The third kappa shape index (κ3) is 2.82. The molecule has 114 valence electrons. The first-order valence-corrected chi connectivity index (χ1v) is 6.67. The summed E-state index contributed by atoms with van der Waals surface area (Å²) in [4.78, 5) is 27.2. The van der Waals surface area contributed by atoms with E-state index in [-0.39, 0.29) is 16.6 Å². The lowest BCUT2D eigenvalue weighted by Crippen LogP contribution is -2.07. The average Bonchev–Trinajstić information content (AvgIpc) is 2.54. The van der Waals surface area contributed by atoms with Gasteiger partial charge < -0.3 is 14.6 Å². The van der Waals surface area contributed by atoms with E-state index in [2.05, 4.69) is 4.99 Å². The largest absolute Gasteiger partial charge is 0.507 e. The van der Waals surface area contributed by atoms with Gasteiger partial charge in [-0.2, -0.15) is 0 Å². The Hall–Kier alpha value is -3.41. The molecule has 0 aliphatic rings. The number of para-hydroxylation sites is 1. The van der Waals surface area contributed by atoms with Crippen molar-refractivity contribution in [1.82, 2.24) is 0 Å². The van der Waals surface area contributed by atoms with Gasteiger partial charge in [0.15, 0.2) is 0 Å². The normalized spacial score (nSPS) is 11.1. The predicted molar refractivity (Wildman–Crippen MR) is 84.8 cm³/mol. The second kappa shape index (κ2) is 5.76. The van der Waals surface area contributed by atoms with Crippen LogP contribution in [-0.2, 0) is 0 Å². The van der Waals surface area contributed by atoms with Crippen molar-refractivity contribution in [3.63, 3.8) is 0 Å². The Kier molecular flexibility index (Phi) is 3.64. The lowest BCUT2D eigenvalue weighted by molar-refractivity contribution is 0.0694. The van der Waals surface area contributed by atoms with Gasteiger partial charge in [0.25, 0.3) is 0 Å². The third-order valence-electron chi connectivity index (χ3n) is 3.27. The van der Waals surface area contributed by atoms with Crippen molar-refractivity contribution < 1.29 is 19.4 Å². The Labute approximate surface area is 130 Å². The zero-order valence-electron chi connectivity index (χ0n) is 11.8. The molecule has 6 heteroatoms. The molecule has 2 N–H and O–H groups in total. The monoisotopic (exact) mass is 309 g/mol. The number of fused-ring (bicyclic) bond motifs is 1. The highest BCUT2D eigenvalue weighted by Gasteiger charge is 2.09. The smallest absolute Gasteiger partial charge is 0.339 e. The Morgan fingerprint density at radius 1 is 1.17 bits per heavy atom. The summed E-state index contributed by atoms with van der Waals surface area (Å²) in [6.07, 6.45) is 2.62. The third-order valence-corrected chi connectivity index (χ3v) is 3.27. The topological polar surface area (TPSA) is 100 Å². The van der Waals surface area contributed by atoms with Crippen LogP contribution in [0.15, 0.2) is 62.9 Å². The Bertz CT molecular complexity index is 988. The van der Waals surface area contributed by atoms with Gasteiger partial charge in [-0.05, 0) is 24.3 Å². The lowest BCUT2D eigenvalue weighted by atomic mass is 10.1. The number of aromatic carboxylic acids is 1. The van der Waals surface area contributed by atoms with Gasteiger partial charge in [0.1, 0.15) is 23.2 Å². The summed E-state index contributed by atoms with van der Waals surface area (Å²) in [5.41, 5.74) is 0.625. The van der Waals surface area contributed by atoms with E-state index in [0.717, 1.165) is 0 Å². The molecule has 0 saturated heterocycles. The second-order valence-corrected chi connectivity index (χ2v) is 4.78. The van der Waals surface area contributed by atoms with E-state index in [1.165, 1.54) is 30.7 Å². The fourth-order valence-corrected chi connectivity index (χ4v) is 2.11. The number of rotatable bonds is 3. The number of carbonyl (C=O) groups is 1. The molecule has 0 spiro atoms. The van der Waals surface area contributed by atoms with Crippen molar-refractivity contribution in [2.24, 2.45) is 4.99 Å². The van der Waals surface area contributed by atoms with Crippen LogP contribution in [0.2, 0.25) is 0 Å². The van der Waals surface area contributed by atoms with E-state index in [9.17, 15) is 14.7 Å². The van der Waals surface area contributed by atoms with Crippen molar-refractivity contribution in [1.29, 1.82) is 0 Å². The molecule has 23 heavy (non-hydrogen) atoms. The quantitative estimate of drug-likeness (QED) is 0.724. The van der Waals surface area contributed by atoms with E-state index in [1.54, 1.807) is 24.3 Å². The molecule has 0 saturated carbocycles. The van der Waals surface area contributed by atoms with Crippen LogP contribution in [0.25, 0.3) is 11.0 Å². The molecule has 0 aliphatic carbocycles. The molecule has 0 bridgehead atoms. The van der Waals surface area contributed by atoms with Crippen LogP contribution in [-0.4, -0.2) is 22.4 Å². The van der Waals surface area contributed by atoms with Gasteiger partial charge in [-0.3, -0.25) is 9.79 Å². The van der Waals surface area contributed by atoms with Gasteiger partial charge in [-0.25, -0.2) is 4.79 Å². The first-order valence-electron chi connectivity index (χ1n) is 6.67. The van der Waals surface area contributed by atoms with E-state index in [1.807, 2.05) is 0 Å². The summed E-state index contributed by atoms with van der Waals surface area (Å²) in [6.45, 7) is 0. The van der Waals surface area contributed by atoms with E-state index in [0.29, 0.717) is 16.7 Å². The average molecular weight is 309 g/mol. The minimum absolute atomic E-state index is 0.214. The van der Waals surface area contributed by atoms with Crippen LogP contribution in [0.4, 0.5) is 5.69 Å². The molecule has 1 aromatic heterocycles. The molecule has 0 amide bonds. The molecule has 0 aliphatic heterocycles. The van der Waals surface area contributed by atoms with E-state index < -0.39 is 11.7 Å². The molecule has 3 aromatic rings. The Morgan fingerprint density at radius 3 is 2.70 bits per heavy atom. The predicted octanol–water partition coefficient (Wildman–Crippen LogP) is 2.95. The van der Waals surface area contributed by atoms with Crippen molar-refractivity contribution >= 4 is 28.8 Å². The number of phenols is 1. The summed E-state index contributed by atoms with van der Waals surface area (Å²) in [5, 5.41) is 18.9. The fourth-order valence-electron chi connectivity index (χ4n) is 2.11. The number of carboxylic acids is 1. The van der Waals surface area contributed by atoms with Crippen molar-refractivity contribution in [2.45, 2.75) is 0 Å². The molecule has 2 aromatic carbocycles. The van der Waals surface area contributed by atoms with Crippen LogP contribution in [0, 0.1) is 0 Å². The van der Waals surface area contributed by atoms with Crippen LogP contribution in [0.5, 0.6) is 5.75 Å². The van der Waals surface area contributed by atoms with Gasteiger partial charge in [0, 0.05) is 12.3 Å². The van der Waals surface area contributed by atoms with Crippen molar-refractivity contribution in [2.75, 3.05) is 0 Å². The molecule has 0 atom stereocenters. The van der Waals surface area contributed by atoms with Crippen LogP contribution >= 0.6 is 0 Å². The van der Waals surface area contributed by atoms with E-state index in [4.69, 9.17) is 9.52 Å². The zero-order valence-corrected chi connectivity index (χ0v) is 11.8. The maximum absolute atomic E-state index is 12.3. The number of carboxylic acid groups (broad SMARTS) is 1. The van der Waals surface area contributed by atoms with Crippen LogP contribution in [0.3, 0.4) is 0 Å². The number of aliphatic imine (C=N–C) groups is 1. The van der Waals surface area contributed by atoms with Gasteiger partial charge >= 0.3 is 5.97 Å². The number of benzene rings is 2. The lowest BCUT2D eigenvalue weighted by Gasteiger charge is -2.00. The summed E-state index contributed by atoms with van der Waals surface area (Å²) in [5.74, 6) is -1.62. The highest BCUT2D eigenvalue weighted by molar-refractivity contribution is 5.92. The number of aromatic hydroxyl groups is 1. The SMILES string of the molecule is O=C(O)c1ccc(N=Cc2coc3ccccc3c2=O)cc1O. The summed E-state index contributed by atoms with van der Waals surface area (Å²) in [7, 11) is 0. The number of hydrogen-bond acceptors (Lipinski definition) is 5. The van der Waals surface area contributed by atoms with E-state index >= 15 is 0 Å². The zero-order chi connectivity index (χ0) is 16.4. The molecule has 1 heterocycles. The molecular weight excluding hydrogens is 298 g/mol. The second-order valence-electron chi connectivity index (χ2n) is 4.78. The molecule has 0 fully saturated rings. The minimum atomic E-state index is -1.23. The van der Waals surface area contributed by atoms with Crippen molar-refractivity contribution in [3.8, 4) is 5.75 Å². The van der Waals surface area contributed by atoms with Crippen LogP contribution in [0.1, 0.15) is 15.9 Å². The molecule has 0 unspecified atom stereocenters.